The number of carbonyl (C=O) groups excluding carboxylic acids is 1. The normalized spacial score (nSPS) is 9.00. The van der Waals surface area contributed by atoms with E-state index < -0.39 is 5.91 Å². The molecule has 78 valence electrons. The molecule has 0 aromatic heterocycles. The third-order valence-electron chi connectivity index (χ3n) is 1.58. The molecule has 0 saturated heterocycles. The van der Waals surface area contributed by atoms with Crippen molar-refractivity contribution < 1.29 is 9.53 Å². The summed E-state index contributed by atoms with van der Waals surface area (Å²) in [6.07, 6.45) is 0. The second-order valence-corrected chi connectivity index (χ2v) is 2.85. The summed E-state index contributed by atoms with van der Waals surface area (Å²) in [4.78, 5) is 10.9. The number of carbonyl (C=O) groups is 1. The van der Waals surface area contributed by atoms with Gasteiger partial charge in [0.2, 0.25) is 0 Å². The molecular formula is C8H10Cl2N2O2. The van der Waals surface area contributed by atoms with E-state index in [1.807, 2.05) is 0 Å². The highest BCUT2D eigenvalue weighted by atomic mass is 35.5. The van der Waals surface area contributed by atoms with Crippen LogP contribution < -0.4 is 16.2 Å². The number of rotatable bonds is 2. The van der Waals surface area contributed by atoms with Crippen LogP contribution in [0.4, 0.5) is 5.69 Å². The summed E-state index contributed by atoms with van der Waals surface area (Å²) in [5, 5.41) is 0.287. The first kappa shape index (κ1) is 12.9. The first-order valence-corrected chi connectivity index (χ1v) is 3.87. The molecule has 14 heavy (non-hydrogen) atoms. The molecule has 0 heterocycles. The van der Waals surface area contributed by atoms with E-state index in [9.17, 15) is 4.79 Å². The van der Waals surface area contributed by atoms with Gasteiger partial charge in [-0.1, -0.05) is 11.6 Å². The van der Waals surface area contributed by atoms with E-state index in [-0.39, 0.29) is 23.0 Å². The Morgan fingerprint density at radius 2 is 2.07 bits per heavy atom. The van der Waals surface area contributed by atoms with Crippen LogP contribution in [0.5, 0.6) is 5.75 Å². The van der Waals surface area contributed by atoms with Gasteiger partial charge in [0.15, 0.2) is 0 Å². The Labute approximate surface area is 92.6 Å². The molecular weight excluding hydrogens is 227 g/mol. The van der Waals surface area contributed by atoms with Crippen molar-refractivity contribution >= 4 is 35.6 Å². The number of benzene rings is 1. The zero-order valence-corrected chi connectivity index (χ0v) is 8.98. The van der Waals surface area contributed by atoms with E-state index in [0.29, 0.717) is 11.4 Å². The Balaban J connectivity index is 0.00000169. The van der Waals surface area contributed by atoms with Crippen molar-refractivity contribution in [1.82, 2.24) is 0 Å². The van der Waals surface area contributed by atoms with Crippen molar-refractivity contribution in [3.63, 3.8) is 0 Å². The van der Waals surface area contributed by atoms with Crippen molar-refractivity contribution in [3.8, 4) is 5.75 Å². The minimum absolute atomic E-state index is 0. The van der Waals surface area contributed by atoms with Gasteiger partial charge < -0.3 is 16.2 Å². The maximum Gasteiger partial charge on any atom is 0.252 e. The summed E-state index contributed by atoms with van der Waals surface area (Å²) < 4.78 is 4.90. The van der Waals surface area contributed by atoms with Gasteiger partial charge in [0.05, 0.1) is 23.4 Å². The van der Waals surface area contributed by atoms with Crippen LogP contribution in [0.2, 0.25) is 5.02 Å². The SMILES string of the molecule is COc1cc(N)c(Cl)cc1C(N)=O.Cl. The highest BCUT2D eigenvalue weighted by Gasteiger charge is 2.11. The zero-order chi connectivity index (χ0) is 10.0. The molecule has 0 aliphatic carbocycles. The van der Waals surface area contributed by atoms with Gasteiger partial charge in [0.25, 0.3) is 5.91 Å². The van der Waals surface area contributed by atoms with E-state index in [4.69, 9.17) is 27.8 Å². The van der Waals surface area contributed by atoms with Gasteiger partial charge in [0, 0.05) is 6.07 Å². The van der Waals surface area contributed by atoms with Crippen molar-refractivity contribution in [2.75, 3.05) is 12.8 Å². The van der Waals surface area contributed by atoms with E-state index in [1.54, 1.807) is 0 Å². The van der Waals surface area contributed by atoms with Crippen LogP contribution in [0, 0.1) is 0 Å². The Kier molecular flexibility index (Phi) is 4.53. The third kappa shape index (κ3) is 2.43. The van der Waals surface area contributed by atoms with Crippen LogP contribution in [-0.2, 0) is 0 Å². The summed E-state index contributed by atoms with van der Waals surface area (Å²) >= 11 is 5.70. The highest BCUT2D eigenvalue weighted by molar-refractivity contribution is 6.33. The Morgan fingerprint density at radius 1 is 1.50 bits per heavy atom. The highest BCUT2D eigenvalue weighted by Crippen LogP contribution is 2.28. The Hall–Kier alpha value is -1.13. The number of ether oxygens (including phenoxy) is 1. The molecule has 4 N–H and O–H groups in total. The molecule has 0 unspecified atom stereocenters. The number of hydrogen-bond acceptors (Lipinski definition) is 3. The maximum absolute atomic E-state index is 10.9. The fourth-order valence-electron chi connectivity index (χ4n) is 0.931. The lowest BCUT2D eigenvalue weighted by atomic mass is 10.1. The number of hydrogen-bond donors (Lipinski definition) is 2. The molecule has 4 nitrogen and oxygen atoms in total. The quantitative estimate of drug-likeness (QED) is 0.764. The Morgan fingerprint density at radius 3 is 2.50 bits per heavy atom. The monoisotopic (exact) mass is 236 g/mol. The molecule has 0 saturated carbocycles. The lowest BCUT2D eigenvalue weighted by Crippen LogP contribution is -2.12. The molecule has 0 aliphatic heterocycles. The lowest BCUT2D eigenvalue weighted by molar-refractivity contribution is 0.0997. The fourth-order valence-corrected chi connectivity index (χ4v) is 1.09. The second-order valence-electron chi connectivity index (χ2n) is 2.44. The smallest absolute Gasteiger partial charge is 0.252 e. The summed E-state index contributed by atoms with van der Waals surface area (Å²) in [6.45, 7) is 0. The van der Waals surface area contributed by atoms with E-state index in [0.717, 1.165) is 0 Å². The van der Waals surface area contributed by atoms with Crippen molar-refractivity contribution in [2.24, 2.45) is 5.73 Å². The molecule has 1 aromatic carbocycles. The van der Waals surface area contributed by atoms with E-state index in [2.05, 4.69) is 0 Å². The minimum Gasteiger partial charge on any atom is -0.496 e. The first-order valence-electron chi connectivity index (χ1n) is 3.49. The molecule has 1 amide bonds. The number of amides is 1. The zero-order valence-electron chi connectivity index (χ0n) is 7.41. The molecule has 0 fully saturated rings. The first-order chi connectivity index (χ1) is 6.06. The van der Waals surface area contributed by atoms with Gasteiger partial charge in [-0.15, -0.1) is 12.4 Å². The van der Waals surface area contributed by atoms with E-state index in [1.165, 1.54) is 19.2 Å². The van der Waals surface area contributed by atoms with Crippen LogP contribution >= 0.6 is 24.0 Å². The molecule has 0 atom stereocenters. The van der Waals surface area contributed by atoms with Crippen molar-refractivity contribution in [2.45, 2.75) is 0 Å². The number of nitrogen functional groups attached to an aromatic ring is 1. The topological polar surface area (TPSA) is 78.3 Å². The van der Waals surface area contributed by atoms with Gasteiger partial charge in [-0.25, -0.2) is 0 Å². The molecule has 0 radical (unpaired) electrons. The molecule has 0 spiro atoms. The summed E-state index contributed by atoms with van der Waals surface area (Å²) in [5.74, 6) is -0.270. The number of primary amides is 1. The van der Waals surface area contributed by atoms with Crippen LogP contribution in [0.1, 0.15) is 10.4 Å². The van der Waals surface area contributed by atoms with Crippen LogP contribution in [0.15, 0.2) is 12.1 Å². The van der Waals surface area contributed by atoms with Crippen LogP contribution in [0.25, 0.3) is 0 Å². The largest absolute Gasteiger partial charge is 0.496 e. The second kappa shape index (κ2) is 4.93. The molecule has 0 bridgehead atoms. The summed E-state index contributed by atoms with van der Waals surface area (Å²) in [5.41, 5.74) is 11.2. The van der Waals surface area contributed by atoms with Gasteiger partial charge in [0.1, 0.15) is 5.75 Å². The number of nitrogens with two attached hydrogens (primary N) is 2. The Bertz CT molecular complexity index is 355. The lowest BCUT2D eigenvalue weighted by Gasteiger charge is -2.07. The van der Waals surface area contributed by atoms with Gasteiger partial charge in [-0.05, 0) is 6.07 Å². The summed E-state index contributed by atoms with van der Waals surface area (Å²) in [7, 11) is 1.43. The number of methoxy groups -OCH3 is 1. The van der Waals surface area contributed by atoms with Gasteiger partial charge >= 0.3 is 0 Å². The average Bonchev–Trinajstić information content (AvgIpc) is 2.08. The van der Waals surface area contributed by atoms with E-state index >= 15 is 0 Å². The van der Waals surface area contributed by atoms with Crippen LogP contribution in [-0.4, -0.2) is 13.0 Å². The minimum atomic E-state index is -0.598. The predicted molar refractivity (Wildman–Crippen MR) is 58.2 cm³/mol. The fraction of sp³-hybridized carbons (Fsp3) is 0.125. The molecule has 1 aromatic rings. The molecule has 0 aliphatic rings. The molecule has 1 rings (SSSR count). The number of anilines is 1. The molecule has 6 heteroatoms. The van der Waals surface area contributed by atoms with Crippen molar-refractivity contribution in [1.29, 1.82) is 0 Å². The van der Waals surface area contributed by atoms with Gasteiger partial charge in [-0.2, -0.15) is 0 Å². The number of halogens is 2. The predicted octanol–water partition coefficient (Wildman–Crippen LogP) is 1.45. The van der Waals surface area contributed by atoms with Crippen molar-refractivity contribution in [3.05, 3.63) is 22.7 Å². The third-order valence-corrected chi connectivity index (χ3v) is 1.91. The van der Waals surface area contributed by atoms with Crippen LogP contribution in [0.3, 0.4) is 0 Å². The van der Waals surface area contributed by atoms with Gasteiger partial charge in [-0.3, -0.25) is 4.79 Å². The standard InChI is InChI=1S/C8H9ClN2O2.ClH/c1-13-7-3-6(10)5(9)2-4(7)8(11)12;/h2-3H,10H2,1H3,(H2,11,12);1H. The summed E-state index contributed by atoms with van der Waals surface area (Å²) in [6, 6.07) is 2.85. The maximum atomic E-state index is 10.9. The average molecular weight is 237 g/mol.